The monoisotopic (exact) mass is 309 g/mol. The summed E-state index contributed by atoms with van der Waals surface area (Å²) in [6.45, 7) is 4.79. The van der Waals surface area contributed by atoms with Crippen molar-refractivity contribution in [2.24, 2.45) is 0 Å². The summed E-state index contributed by atoms with van der Waals surface area (Å²) < 4.78 is 10.6. The van der Waals surface area contributed by atoms with Gasteiger partial charge in [-0.05, 0) is 43.8 Å². The summed E-state index contributed by atoms with van der Waals surface area (Å²) in [5, 5.41) is 9.12. The van der Waals surface area contributed by atoms with Gasteiger partial charge in [-0.2, -0.15) is 0 Å². The molecule has 1 aromatic rings. The number of amides is 1. The highest BCUT2D eigenvalue weighted by molar-refractivity contribution is 7.80. The maximum absolute atomic E-state index is 11.5. The Kier molecular flexibility index (Phi) is 5.21. The highest BCUT2D eigenvalue weighted by Crippen LogP contribution is 2.32. The molecule has 0 saturated carbocycles. The SMILES string of the molecule is CC(C)NC(=O)CNC(=S)NCc1ccc2c(c1)OCO2. The fraction of sp³-hybridized carbons (Fsp3) is 0.429. The largest absolute Gasteiger partial charge is 0.454 e. The molecule has 114 valence electrons. The number of ether oxygens (including phenoxy) is 2. The first kappa shape index (κ1) is 15.4. The summed E-state index contributed by atoms with van der Waals surface area (Å²) in [6, 6.07) is 5.83. The van der Waals surface area contributed by atoms with E-state index in [0.29, 0.717) is 11.7 Å². The second-order valence-corrected chi connectivity index (χ2v) is 5.35. The smallest absolute Gasteiger partial charge is 0.239 e. The van der Waals surface area contributed by atoms with E-state index in [1.165, 1.54) is 0 Å². The van der Waals surface area contributed by atoms with Crippen molar-refractivity contribution >= 4 is 23.2 Å². The van der Waals surface area contributed by atoms with Crippen LogP contribution in [-0.2, 0) is 11.3 Å². The number of fused-ring (bicyclic) bond motifs is 1. The second-order valence-electron chi connectivity index (χ2n) is 4.95. The van der Waals surface area contributed by atoms with Crippen molar-refractivity contribution < 1.29 is 14.3 Å². The standard InChI is InChI=1S/C14H19N3O3S/c1-9(2)17-13(18)7-16-14(21)15-6-10-3-4-11-12(5-10)20-8-19-11/h3-5,9H,6-8H2,1-2H3,(H,17,18)(H2,15,16,21). The van der Waals surface area contributed by atoms with Crippen LogP contribution in [-0.4, -0.2) is 30.4 Å². The minimum Gasteiger partial charge on any atom is -0.454 e. The van der Waals surface area contributed by atoms with Gasteiger partial charge in [0.1, 0.15) is 0 Å². The van der Waals surface area contributed by atoms with Gasteiger partial charge >= 0.3 is 0 Å². The highest BCUT2D eigenvalue weighted by atomic mass is 32.1. The van der Waals surface area contributed by atoms with Crippen LogP contribution in [0.1, 0.15) is 19.4 Å². The molecule has 1 heterocycles. The number of benzene rings is 1. The molecule has 0 unspecified atom stereocenters. The van der Waals surface area contributed by atoms with Crippen LogP contribution in [0.5, 0.6) is 11.5 Å². The van der Waals surface area contributed by atoms with Crippen molar-refractivity contribution in [3.8, 4) is 11.5 Å². The quantitative estimate of drug-likeness (QED) is 0.702. The van der Waals surface area contributed by atoms with E-state index in [2.05, 4.69) is 16.0 Å². The summed E-state index contributed by atoms with van der Waals surface area (Å²) in [4.78, 5) is 11.5. The maximum Gasteiger partial charge on any atom is 0.239 e. The summed E-state index contributed by atoms with van der Waals surface area (Å²) in [6.07, 6.45) is 0. The predicted octanol–water partition coefficient (Wildman–Crippen LogP) is 0.904. The lowest BCUT2D eigenvalue weighted by Crippen LogP contribution is -2.43. The van der Waals surface area contributed by atoms with Crippen LogP contribution in [0.25, 0.3) is 0 Å². The minimum absolute atomic E-state index is 0.0859. The van der Waals surface area contributed by atoms with Gasteiger partial charge in [0.25, 0.3) is 0 Å². The third-order valence-electron chi connectivity index (χ3n) is 2.75. The number of hydrogen-bond acceptors (Lipinski definition) is 4. The Morgan fingerprint density at radius 2 is 2.05 bits per heavy atom. The number of thiocarbonyl (C=S) groups is 1. The van der Waals surface area contributed by atoms with Crippen molar-refractivity contribution in [1.29, 1.82) is 0 Å². The molecule has 7 heteroatoms. The van der Waals surface area contributed by atoms with Gasteiger partial charge in [0, 0.05) is 12.6 Å². The average molecular weight is 309 g/mol. The molecule has 1 amide bonds. The molecule has 0 fully saturated rings. The van der Waals surface area contributed by atoms with Crippen molar-refractivity contribution in [1.82, 2.24) is 16.0 Å². The molecule has 1 aliphatic heterocycles. The molecule has 0 saturated heterocycles. The Balaban J connectivity index is 1.73. The molecule has 1 aromatic carbocycles. The van der Waals surface area contributed by atoms with Crippen molar-refractivity contribution in [3.05, 3.63) is 23.8 Å². The first-order chi connectivity index (χ1) is 10.0. The van der Waals surface area contributed by atoms with Crippen molar-refractivity contribution in [3.63, 3.8) is 0 Å². The lowest BCUT2D eigenvalue weighted by atomic mass is 10.2. The Labute approximate surface area is 129 Å². The van der Waals surface area contributed by atoms with Crippen LogP contribution in [0, 0.1) is 0 Å². The van der Waals surface area contributed by atoms with E-state index in [0.717, 1.165) is 17.1 Å². The highest BCUT2D eigenvalue weighted by Gasteiger charge is 2.13. The molecule has 0 atom stereocenters. The topological polar surface area (TPSA) is 71.6 Å². The van der Waals surface area contributed by atoms with Gasteiger partial charge in [0.15, 0.2) is 16.6 Å². The fourth-order valence-electron chi connectivity index (χ4n) is 1.83. The van der Waals surface area contributed by atoms with Crippen LogP contribution in [0.2, 0.25) is 0 Å². The zero-order valence-electron chi connectivity index (χ0n) is 12.1. The van der Waals surface area contributed by atoms with Crippen LogP contribution in [0.3, 0.4) is 0 Å². The molecular formula is C14H19N3O3S. The lowest BCUT2D eigenvalue weighted by molar-refractivity contribution is -0.120. The molecule has 21 heavy (non-hydrogen) atoms. The van der Waals surface area contributed by atoms with E-state index in [9.17, 15) is 4.79 Å². The van der Waals surface area contributed by atoms with E-state index in [1.54, 1.807) is 0 Å². The van der Waals surface area contributed by atoms with Crippen molar-refractivity contribution in [2.75, 3.05) is 13.3 Å². The summed E-state index contributed by atoms with van der Waals surface area (Å²) >= 11 is 5.13. The van der Waals surface area contributed by atoms with Crippen LogP contribution in [0.15, 0.2) is 18.2 Å². The first-order valence-electron chi connectivity index (χ1n) is 6.74. The van der Waals surface area contributed by atoms with E-state index in [4.69, 9.17) is 21.7 Å². The number of carbonyl (C=O) groups is 1. The number of hydrogen-bond donors (Lipinski definition) is 3. The third-order valence-corrected chi connectivity index (χ3v) is 3.04. The van der Waals surface area contributed by atoms with Crippen LogP contribution >= 0.6 is 12.2 Å². The molecule has 2 rings (SSSR count). The van der Waals surface area contributed by atoms with Gasteiger partial charge in [-0.25, -0.2) is 0 Å². The van der Waals surface area contributed by atoms with Crippen LogP contribution < -0.4 is 25.4 Å². The van der Waals surface area contributed by atoms with Gasteiger partial charge in [-0.15, -0.1) is 0 Å². The molecule has 0 radical (unpaired) electrons. The number of carbonyl (C=O) groups excluding carboxylic acids is 1. The van der Waals surface area contributed by atoms with Gasteiger partial charge in [0.2, 0.25) is 12.7 Å². The van der Waals surface area contributed by atoms with E-state index >= 15 is 0 Å². The van der Waals surface area contributed by atoms with Crippen LogP contribution in [0.4, 0.5) is 0 Å². The van der Waals surface area contributed by atoms with E-state index < -0.39 is 0 Å². The summed E-state index contributed by atoms with van der Waals surface area (Å²) in [5.74, 6) is 1.41. The molecule has 3 N–H and O–H groups in total. The summed E-state index contributed by atoms with van der Waals surface area (Å²) in [7, 11) is 0. The predicted molar refractivity (Wildman–Crippen MR) is 83.3 cm³/mol. The zero-order chi connectivity index (χ0) is 15.2. The van der Waals surface area contributed by atoms with Gasteiger partial charge in [-0.1, -0.05) is 6.07 Å². The normalized spacial score (nSPS) is 12.1. The van der Waals surface area contributed by atoms with Crippen molar-refractivity contribution in [2.45, 2.75) is 26.4 Å². The molecule has 0 bridgehead atoms. The van der Waals surface area contributed by atoms with E-state index in [-0.39, 0.29) is 25.3 Å². The number of rotatable bonds is 5. The van der Waals surface area contributed by atoms with Gasteiger partial charge in [0.05, 0.1) is 6.54 Å². The first-order valence-corrected chi connectivity index (χ1v) is 7.15. The molecule has 0 aromatic heterocycles. The molecule has 6 nitrogen and oxygen atoms in total. The fourth-order valence-corrected chi connectivity index (χ4v) is 1.97. The molecular weight excluding hydrogens is 290 g/mol. The maximum atomic E-state index is 11.5. The van der Waals surface area contributed by atoms with Gasteiger partial charge in [-0.3, -0.25) is 4.79 Å². The molecule has 1 aliphatic rings. The Hall–Kier alpha value is -2.02. The minimum atomic E-state index is -0.0859. The molecule has 0 aliphatic carbocycles. The Morgan fingerprint density at radius 1 is 1.29 bits per heavy atom. The second kappa shape index (κ2) is 7.12. The third kappa shape index (κ3) is 4.78. The lowest BCUT2D eigenvalue weighted by Gasteiger charge is -2.12. The number of nitrogens with one attached hydrogen (secondary N) is 3. The zero-order valence-corrected chi connectivity index (χ0v) is 12.9. The summed E-state index contributed by atoms with van der Waals surface area (Å²) in [5.41, 5.74) is 1.02. The van der Waals surface area contributed by atoms with E-state index in [1.807, 2.05) is 32.0 Å². The average Bonchev–Trinajstić information content (AvgIpc) is 2.89. The van der Waals surface area contributed by atoms with Gasteiger partial charge < -0.3 is 25.4 Å². The Morgan fingerprint density at radius 3 is 2.81 bits per heavy atom. The Bertz CT molecular complexity index is 534. The molecule has 0 spiro atoms.